The maximum absolute atomic E-state index is 5.90. The van der Waals surface area contributed by atoms with E-state index in [-0.39, 0.29) is 5.95 Å². The number of imidazole rings is 1. The van der Waals surface area contributed by atoms with Crippen molar-refractivity contribution in [2.45, 2.75) is 6.54 Å². The Kier molecular flexibility index (Phi) is 3.10. The largest absolute Gasteiger partial charge is 0.368 e. The maximum Gasteiger partial charge on any atom is 0.230 e. The van der Waals surface area contributed by atoms with Crippen LogP contribution in [0.4, 0.5) is 11.9 Å². The number of hydrogen-bond acceptors (Lipinski definition) is 6. The first-order chi connectivity index (χ1) is 8.08. The zero-order valence-corrected chi connectivity index (χ0v) is 10.3. The molecule has 0 spiro atoms. The number of anilines is 2. The van der Waals surface area contributed by atoms with Gasteiger partial charge in [-0.05, 0) is 0 Å². The lowest BCUT2D eigenvalue weighted by molar-refractivity contribution is 0.745. The molecule has 0 saturated carbocycles. The van der Waals surface area contributed by atoms with Gasteiger partial charge in [0.05, 0.1) is 12.7 Å². The van der Waals surface area contributed by atoms with Crippen molar-refractivity contribution >= 4 is 23.5 Å². The summed E-state index contributed by atoms with van der Waals surface area (Å²) in [6.45, 7) is 0.534. The molecule has 0 bridgehead atoms. The summed E-state index contributed by atoms with van der Waals surface area (Å²) in [5, 5.41) is 0.587. The number of halogens is 1. The van der Waals surface area contributed by atoms with E-state index >= 15 is 0 Å². The molecule has 2 heterocycles. The molecule has 2 rings (SSSR count). The molecule has 0 aliphatic heterocycles. The highest BCUT2D eigenvalue weighted by Gasteiger charge is 2.10. The number of aromatic nitrogens is 5. The van der Waals surface area contributed by atoms with E-state index < -0.39 is 0 Å². The predicted octanol–water partition coefficient (Wildman–Crippen LogP) is 0.477. The number of hydrogen-bond donors (Lipinski definition) is 1. The van der Waals surface area contributed by atoms with Crippen LogP contribution >= 0.6 is 11.6 Å². The van der Waals surface area contributed by atoms with Gasteiger partial charge in [0.15, 0.2) is 0 Å². The molecule has 0 fully saturated rings. The van der Waals surface area contributed by atoms with Gasteiger partial charge in [0.2, 0.25) is 11.9 Å². The fourth-order valence-electron chi connectivity index (χ4n) is 1.34. The minimum absolute atomic E-state index is 0.194. The molecule has 8 heteroatoms. The van der Waals surface area contributed by atoms with Gasteiger partial charge in [-0.15, -0.1) is 0 Å². The van der Waals surface area contributed by atoms with E-state index in [9.17, 15) is 0 Å². The van der Waals surface area contributed by atoms with Crippen LogP contribution in [-0.2, 0) is 13.6 Å². The SMILES string of the molecule is CN(Cc1ncc(Cl)n1C)c1ncnc(N)n1. The standard InChI is InChI=1S/C9H12ClN7/c1-16(9-14-5-13-8(11)15-9)4-7-12-3-6(10)17(7)2/h3,5H,4H2,1-2H3,(H2,11,13,14,15). The fraction of sp³-hybridized carbons (Fsp3) is 0.333. The molecule has 2 aromatic rings. The van der Waals surface area contributed by atoms with E-state index in [0.29, 0.717) is 17.6 Å². The summed E-state index contributed by atoms with van der Waals surface area (Å²) in [7, 11) is 3.69. The molecular weight excluding hydrogens is 242 g/mol. The monoisotopic (exact) mass is 253 g/mol. The summed E-state index contributed by atoms with van der Waals surface area (Å²) in [4.78, 5) is 17.8. The van der Waals surface area contributed by atoms with Gasteiger partial charge in [0.25, 0.3) is 0 Å². The second-order valence-electron chi connectivity index (χ2n) is 3.56. The number of rotatable bonds is 3. The second-order valence-corrected chi connectivity index (χ2v) is 3.94. The number of nitrogens with two attached hydrogens (primary N) is 1. The quantitative estimate of drug-likeness (QED) is 0.856. The van der Waals surface area contributed by atoms with Crippen LogP contribution in [0.3, 0.4) is 0 Å². The van der Waals surface area contributed by atoms with Crippen molar-refractivity contribution in [1.29, 1.82) is 0 Å². The smallest absolute Gasteiger partial charge is 0.230 e. The molecule has 90 valence electrons. The van der Waals surface area contributed by atoms with E-state index in [2.05, 4.69) is 19.9 Å². The predicted molar refractivity (Wildman–Crippen MR) is 64.6 cm³/mol. The Hall–Kier alpha value is -1.89. The van der Waals surface area contributed by atoms with E-state index in [1.165, 1.54) is 6.33 Å². The van der Waals surface area contributed by atoms with Gasteiger partial charge in [-0.25, -0.2) is 15.0 Å². The first-order valence-electron chi connectivity index (χ1n) is 4.89. The minimum Gasteiger partial charge on any atom is -0.368 e. The topological polar surface area (TPSA) is 85.8 Å². The molecule has 2 N–H and O–H groups in total. The van der Waals surface area contributed by atoms with Crippen molar-refractivity contribution in [3.63, 3.8) is 0 Å². The molecular formula is C9H12ClN7. The summed E-state index contributed by atoms with van der Waals surface area (Å²) in [6, 6.07) is 0. The molecule has 0 saturated heterocycles. The molecule has 7 nitrogen and oxygen atoms in total. The van der Waals surface area contributed by atoms with Crippen LogP contribution in [0.5, 0.6) is 0 Å². The Morgan fingerprint density at radius 1 is 1.41 bits per heavy atom. The first kappa shape index (κ1) is 11.6. The Morgan fingerprint density at radius 3 is 2.76 bits per heavy atom. The lowest BCUT2D eigenvalue weighted by Crippen LogP contribution is -2.21. The van der Waals surface area contributed by atoms with Crippen LogP contribution in [-0.4, -0.2) is 31.6 Å². The van der Waals surface area contributed by atoms with Gasteiger partial charge in [0, 0.05) is 14.1 Å². The van der Waals surface area contributed by atoms with Crippen molar-refractivity contribution in [3.05, 3.63) is 23.5 Å². The summed E-state index contributed by atoms with van der Waals surface area (Å²) < 4.78 is 1.79. The minimum atomic E-state index is 0.194. The molecule has 0 aromatic carbocycles. The van der Waals surface area contributed by atoms with E-state index in [4.69, 9.17) is 17.3 Å². The lowest BCUT2D eigenvalue weighted by Gasteiger charge is -2.16. The molecule has 0 unspecified atom stereocenters. The van der Waals surface area contributed by atoms with Crippen molar-refractivity contribution in [2.24, 2.45) is 7.05 Å². The van der Waals surface area contributed by atoms with E-state index in [1.54, 1.807) is 10.8 Å². The average molecular weight is 254 g/mol. The van der Waals surface area contributed by atoms with Gasteiger partial charge in [0.1, 0.15) is 17.3 Å². The van der Waals surface area contributed by atoms with E-state index in [1.807, 2.05) is 19.0 Å². The van der Waals surface area contributed by atoms with Crippen molar-refractivity contribution in [2.75, 3.05) is 17.7 Å². The van der Waals surface area contributed by atoms with Gasteiger partial charge < -0.3 is 15.2 Å². The molecule has 0 atom stereocenters. The molecule has 0 radical (unpaired) electrons. The Bertz CT molecular complexity index is 524. The zero-order valence-electron chi connectivity index (χ0n) is 9.50. The summed E-state index contributed by atoms with van der Waals surface area (Å²) >= 11 is 5.90. The van der Waals surface area contributed by atoms with Gasteiger partial charge in [-0.3, -0.25) is 0 Å². The number of nitrogen functional groups attached to an aromatic ring is 1. The Balaban J connectivity index is 2.17. The van der Waals surface area contributed by atoms with Gasteiger partial charge in [-0.2, -0.15) is 4.98 Å². The molecule has 0 amide bonds. The summed E-state index contributed by atoms with van der Waals surface area (Å²) in [5.41, 5.74) is 5.49. The van der Waals surface area contributed by atoms with Crippen molar-refractivity contribution < 1.29 is 0 Å². The third-order valence-electron chi connectivity index (χ3n) is 2.33. The summed E-state index contributed by atoms with van der Waals surface area (Å²) in [5.74, 6) is 1.51. The van der Waals surface area contributed by atoms with Crippen LogP contribution in [0, 0.1) is 0 Å². The van der Waals surface area contributed by atoms with Crippen LogP contribution in [0.15, 0.2) is 12.5 Å². The van der Waals surface area contributed by atoms with Crippen LogP contribution in [0.1, 0.15) is 5.82 Å². The third kappa shape index (κ3) is 2.44. The van der Waals surface area contributed by atoms with Gasteiger partial charge >= 0.3 is 0 Å². The zero-order chi connectivity index (χ0) is 12.4. The van der Waals surface area contributed by atoms with Crippen molar-refractivity contribution in [1.82, 2.24) is 24.5 Å². The van der Waals surface area contributed by atoms with Crippen molar-refractivity contribution in [3.8, 4) is 0 Å². The number of nitrogens with zero attached hydrogens (tertiary/aromatic N) is 6. The fourth-order valence-corrected chi connectivity index (χ4v) is 1.48. The Morgan fingerprint density at radius 2 is 2.18 bits per heavy atom. The van der Waals surface area contributed by atoms with E-state index in [0.717, 1.165) is 5.82 Å². The average Bonchev–Trinajstić information content (AvgIpc) is 2.61. The summed E-state index contributed by atoms with van der Waals surface area (Å²) in [6.07, 6.45) is 2.98. The van der Waals surface area contributed by atoms with Crippen LogP contribution < -0.4 is 10.6 Å². The van der Waals surface area contributed by atoms with Crippen LogP contribution in [0.2, 0.25) is 5.15 Å². The molecule has 0 aliphatic rings. The van der Waals surface area contributed by atoms with Gasteiger partial charge in [-0.1, -0.05) is 11.6 Å². The highest BCUT2D eigenvalue weighted by atomic mass is 35.5. The third-order valence-corrected chi connectivity index (χ3v) is 2.68. The van der Waals surface area contributed by atoms with Crippen LogP contribution in [0.25, 0.3) is 0 Å². The second kappa shape index (κ2) is 4.54. The molecule has 17 heavy (non-hydrogen) atoms. The molecule has 2 aromatic heterocycles. The molecule has 0 aliphatic carbocycles. The lowest BCUT2D eigenvalue weighted by atomic mass is 10.5. The highest BCUT2D eigenvalue weighted by molar-refractivity contribution is 6.29. The normalized spacial score (nSPS) is 10.5. The Labute approximate surface area is 103 Å². The highest BCUT2D eigenvalue weighted by Crippen LogP contribution is 2.13. The first-order valence-corrected chi connectivity index (χ1v) is 5.27. The maximum atomic E-state index is 5.90.